The van der Waals surface area contributed by atoms with Crippen LogP contribution >= 0.6 is 0 Å². The van der Waals surface area contributed by atoms with Crippen LogP contribution in [0.3, 0.4) is 0 Å². The minimum atomic E-state index is 0.690. The maximum Gasteiger partial charge on any atom is 0.150 e. The van der Waals surface area contributed by atoms with Gasteiger partial charge in [-0.3, -0.25) is 9.79 Å². The van der Waals surface area contributed by atoms with Crippen LogP contribution in [0.1, 0.15) is 47.3 Å². The van der Waals surface area contributed by atoms with E-state index in [-0.39, 0.29) is 0 Å². The lowest BCUT2D eigenvalue weighted by Crippen LogP contribution is -1.97. The molecule has 0 aromatic heterocycles. The van der Waals surface area contributed by atoms with E-state index in [0.29, 0.717) is 5.92 Å². The second-order valence-corrected chi connectivity index (χ2v) is 5.84. The van der Waals surface area contributed by atoms with Crippen molar-refractivity contribution in [1.82, 2.24) is 0 Å². The zero-order chi connectivity index (χ0) is 17.1. The first kappa shape index (κ1) is 18.8. The maximum atomic E-state index is 10.2. The van der Waals surface area contributed by atoms with Crippen LogP contribution in [0.5, 0.6) is 0 Å². The van der Waals surface area contributed by atoms with Gasteiger partial charge in [0.1, 0.15) is 6.29 Å². The summed E-state index contributed by atoms with van der Waals surface area (Å²) in [5.74, 6) is 0.690. The van der Waals surface area contributed by atoms with E-state index in [1.165, 1.54) is 17.5 Å². The maximum absolute atomic E-state index is 10.2. The molecule has 0 saturated carbocycles. The van der Waals surface area contributed by atoms with Crippen molar-refractivity contribution in [3.05, 3.63) is 70.8 Å². The average molecular weight is 309 g/mol. The summed E-state index contributed by atoms with van der Waals surface area (Å²) in [7, 11) is 0. The molecule has 0 fully saturated rings. The summed E-state index contributed by atoms with van der Waals surface area (Å²) in [5, 5.41) is 0. The first-order chi connectivity index (χ1) is 11.1. The number of nitrogens with zero attached hydrogens (tertiary/aromatic N) is 1. The monoisotopic (exact) mass is 309 g/mol. The summed E-state index contributed by atoms with van der Waals surface area (Å²) in [4.78, 5) is 14.7. The normalized spacial score (nSPS) is 11.7. The molecule has 0 aliphatic rings. The summed E-state index contributed by atoms with van der Waals surface area (Å²) in [6.45, 7) is 9.41. The summed E-state index contributed by atoms with van der Waals surface area (Å²) >= 11 is 0. The number of carbonyl (C=O) groups is 1. The fourth-order valence-corrected chi connectivity index (χ4v) is 1.91. The number of aryl methyl sites for hydroxylation is 2. The van der Waals surface area contributed by atoms with Gasteiger partial charge in [0.05, 0.1) is 0 Å². The first-order valence-electron chi connectivity index (χ1n) is 8.14. The van der Waals surface area contributed by atoms with Crippen molar-refractivity contribution < 1.29 is 4.79 Å². The number of rotatable bonds is 5. The molecule has 0 aliphatic carbocycles. The van der Waals surface area contributed by atoms with E-state index in [1.54, 1.807) is 0 Å². The zero-order valence-corrected chi connectivity index (χ0v) is 14.6. The van der Waals surface area contributed by atoms with Crippen molar-refractivity contribution in [2.75, 3.05) is 6.54 Å². The van der Waals surface area contributed by atoms with Crippen LogP contribution in [0.4, 0.5) is 0 Å². The van der Waals surface area contributed by atoms with Crippen molar-refractivity contribution in [3.8, 4) is 0 Å². The van der Waals surface area contributed by atoms with Gasteiger partial charge in [0, 0.05) is 18.3 Å². The van der Waals surface area contributed by atoms with E-state index in [1.807, 2.05) is 37.4 Å². The first-order valence-corrected chi connectivity index (χ1v) is 8.14. The summed E-state index contributed by atoms with van der Waals surface area (Å²) < 4.78 is 0. The van der Waals surface area contributed by atoms with Gasteiger partial charge >= 0.3 is 0 Å². The Hall–Kier alpha value is -2.22. The fourth-order valence-electron chi connectivity index (χ4n) is 1.91. The highest BCUT2D eigenvalue weighted by molar-refractivity contribution is 5.81. The molecule has 2 aromatic rings. The lowest BCUT2D eigenvalue weighted by Gasteiger charge is -2.03. The van der Waals surface area contributed by atoms with E-state index in [9.17, 15) is 4.79 Å². The number of aldehydes is 1. The van der Waals surface area contributed by atoms with Crippen molar-refractivity contribution >= 4 is 12.5 Å². The van der Waals surface area contributed by atoms with Crippen molar-refractivity contribution in [2.24, 2.45) is 10.9 Å². The highest BCUT2D eigenvalue weighted by atomic mass is 16.1. The Morgan fingerprint density at radius 2 is 1.48 bits per heavy atom. The van der Waals surface area contributed by atoms with E-state index >= 15 is 0 Å². The van der Waals surface area contributed by atoms with Gasteiger partial charge < -0.3 is 0 Å². The molecule has 1 unspecified atom stereocenters. The smallest absolute Gasteiger partial charge is 0.150 e. The number of hydrogen-bond acceptors (Lipinski definition) is 2. The molecule has 0 radical (unpaired) electrons. The molecule has 0 spiro atoms. The molecule has 0 saturated heterocycles. The second-order valence-electron chi connectivity index (χ2n) is 5.84. The van der Waals surface area contributed by atoms with Gasteiger partial charge in [-0.1, -0.05) is 68.8 Å². The molecule has 0 heterocycles. The van der Waals surface area contributed by atoms with Gasteiger partial charge in [0.2, 0.25) is 0 Å². The Balaban J connectivity index is 0.000000253. The third kappa shape index (κ3) is 7.05. The molecule has 2 nitrogen and oxygen atoms in total. The Labute approximate surface area is 140 Å². The van der Waals surface area contributed by atoms with Gasteiger partial charge in [-0.25, -0.2) is 0 Å². The molecule has 2 aromatic carbocycles. The summed E-state index contributed by atoms with van der Waals surface area (Å²) in [6, 6.07) is 15.8. The van der Waals surface area contributed by atoms with Gasteiger partial charge in [-0.15, -0.1) is 0 Å². The lowest BCUT2D eigenvalue weighted by atomic mass is 10.1. The Morgan fingerprint density at radius 1 is 0.957 bits per heavy atom. The largest absolute Gasteiger partial charge is 0.298 e. The molecule has 23 heavy (non-hydrogen) atoms. The summed E-state index contributed by atoms with van der Waals surface area (Å²) in [5.41, 5.74) is 4.33. The van der Waals surface area contributed by atoms with Crippen LogP contribution in [0.2, 0.25) is 0 Å². The van der Waals surface area contributed by atoms with E-state index in [2.05, 4.69) is 50.0 Å². The number of carbonyl (C=O) groups excluding carboxylic acids is 1. The van der Waals surface area contributed by atoms with E-state index in [0.717, 1.165) is 24.0 Å². The average Bonchev–Trinajstić information content (AvgIpc) is 2.57. The third-order valence-corrected chi connectivity index (χ3v) is 3.85. The molecular formula is C21H27NO. The SMILES string of the molecule is CCC(C)CN=Cc1ccccc1C.Cc1ccccc1C=O. The summed E-state index contributed by atoms with van der Waals surface area (Å²) in [6.07, 6.45) is 4.06. The predicted octanol–water partition coefficient (Wildman–Crippen LogP) is 5.27. The van der Waals surface area contributed by atoms with Crippen LogP contribution in [-0.2, 0) is 0 Å². The highest BCUT2D eigenvalue weighted by Crippen LogP contribution is 2.05. The zero-order valence-electron chi connectivity index (χ0n) is 14.6. The minimum Gasteiger partial charge on any atom is -0.298 e. The van der Waals surface area contributed by atoms with Gasteiger partial charge in [-0.05, 0) is 36.5 Å². The van der Waals surface area contributed by atoms with Crippen LogP contribution in [0.25, 0.3) is 0 Å². The van der Waals surface area contributed by atoms with E-state index in [4.69, 9.17) is 0 Å². The molecule has 2 heteroatoms. The van der Waals surface area contributed by atoms with Gasteiger partial charge in [0.15, 0.2) is 0 Å². The van der Waals surface area contributed by atoms with Crippen LogP contribution in [-0.4, -0.2) is 19.0 Å². The Morgan fingerprint density at radius 3 is 1.91 bits per heavy atom. The molecular weight excluding hydrogens is 282 g/mol. The number of aliphatic imine (C=N–C) groups is 1. The molecule has 122 valence electrons. The van der Waals surface area contributed by atoms with Crippen molar-refractivity contribution in [1.29, 1.82) is 0 Å². The number of hydrogen-bond donors (Lipinski definition) is 0. The van der Waals surface area contributed by atoms with Crippen LogP contribution in [0, 0.1) is 19.8 Å². The van der Waals surface area contributed by atoms with Gasteiger partial charge in [0.25, 0.3) is 0 Å². The molecule has 0 amide bonds. The van der Waals surface area contributed by atoms with Gasteiger partial charge in [-0.2, -0.15) is 0 Å². The van der Waals surface area contributed by atoms with Crippen LogP contribution < -0.4 is 0 Å². The molecule has 2 rings (SSSR count). The fraction of sp³-hybridized carbons (Fsp3) is 0.333. The number of benzene rings is 2. The quantitative estimate of drug-likeness (QED) is 0.546. The minimum absolute atomic E-state index is 0.690. The molecule has 0 N–H and O–H groups in total. The van der Waals surface area contributed by atoms with Crippen LogP contribution in [0.15, 0.2) is 53.5 Å². The lowest BCUT2D eigenvalue weighted by molar-refractivity contribution is 0.112. The van der Waals surface area contributed by atoms with Crippen molar-refractivity contribution in [3.63, 3.8) is 0 Å². The second kappa shape index (κ2) is 10.5. The Bertz CT molecular complexity index is 631. The molecule has 0 bridgehead atoms. The Kier molecular flexibility index (Phi) is 8.59. The molecule has 0 aliphatic heterocycles. The van der Waals surface area contributed by atoms with Crippen molar-refractivity contribution in [2.45, 2.75) is 34.1 Å². The third-order valence-electron chi connectivity index (χ3n) is 3.85. The standard InChI is InChI=1S/C13H19N.C8H8O/c1-4-11(2)9-14-10-13-8-6-5-7-12(13)3;1-7-4-2-3-5-8(7)6-9/h5-8,10-11H,4,9H2,1-3H3;2-6H,1H3. The predicted molar refractivity (Wildman–Crippen MR) is 99.7 cm³/mol. The topological polar surface area (TPSA) is 29.4 Å². The van der Waals surface area contributed by atoms with E-state index < -0.39 is 0 Å². The molecule has 1 atom stereocenters. The highest BCUT2D eigenvalue weighted by Gasteiger charge is 1.95.